The standard InChI is InChI=1S/C18H15FIN3O3/c1-11-17(25)22(10-16(24)21-14-6-4-13(20)5-7-14)18(26)23(11)15-8-2-12(19)3-9-15/h2-9,11H,10H2,1H3,(H,21,24). The first-order valence-corrected chi connectivity index (χ1v) is 8.90. The van der Waals surface area contributed by atoms with Crippen molar-refractivity contribution in [1.82, 2.24) is 4.90 Å². The van der Waals surface area contributed by atoms with Crippen LogP contribution in [0.15, 0.2) is 48.5 Å². The summed E-state index contributed by atoms with van der Waals surface area (Å²) < 4.78 is 14.1. The van der Waals surface area contributed by atoms with Crippen LogP contribution >= 0.6 is 22.6 Å². The van der Waals surface area contributed by atoms with Gasteiger partial charge in [-0.25, -0.2) is 9.18 Å². The number of carbonyl (C=O) groups is 3. The number of carbonyl (C=O) groups excluding carboxylic acids is 3. The van der Waals surface area contributed by atoms with Crippen molar-refractivity contribution in [3.05, 3.63) is 57.9 Å². The average Bonchev–Trinajstić information content (AvgIpc) is 2.82. The van der Waals surface area contributed by atoms with E-state index in [1.807, 2.05) is 12.1 Å². The number of anilines is 2. The summed E-state index contributed by atoms with van der Waals surface area (Å²) in [5.41, 5.74) is 0.982. The maximum absolute atomic E-state index is 13.1. The molecule has 2 aromatic carbocycles. The van der Waals surface area contributed by atoms with Gasteiger partial charge in [0.1, 0.15) is 18.4 Å². The summed E-state index contributed by atoms with van der Waals surface area (Å²) in [4.78, 5) is 39.4. The molecule has 1 heterocycles. The molecule has 3 rings (SSSR count). The van der Waals surface area contributed by atoms with Crippen LogP contribution in [0, 0.1) is 9.39 Å². The maximum Gasteiger partial charge on any atom is 0.332 e. The zero-order chi connectivity index (χ0) is 18.8. The number of halogens is 2. The van der Waals surface area contributed by atoms with Gasteiger partial charge in [0.05, 0.1) is 0 Å². The van der Waals surface area contributed by atoms with Crippen LogP contribution in [0.25, 0.3) is 0 Å². The molecule has 1 saturated heterocycles. The van der Waals surface area contributed by atoms with Crippen LogP contribution in [0.3, 0.4) is 0 Å². The van der Waals surface area contributed by atoms with Gasteiger partial charge in [0.2, 0.25) is 5.91 Å². The Morgan fingerprint density at radius 1 is 1.12 bits per heavy atom. The highest BCUT2D eigenvalue weighted by Gasteiger charge is 2.44. The second-order valence-electron chi connectivity index (χ2n) is 5.78. The van der Waals surface area contributed by atoms with E-state index in [-0.39, 0.29) is 6.54 Å². The number of benzene rings is 2. The number of urea groups is 1. The monoisotopic (exact) mass is 467 g/mol. The molecule has 1 fully saturated rings. The molecule has 8 heteroatoms. The molecular weight excluding hydrogens is 452 g/mol. The van der Waals surface area contributed by atoms with Gasteiger partial charge in [-0.2, -0.15) is 0 Å². The third kappa shape index (κ3) is 3.69. The number of hydrogen-bond acceptors (Lipinski definition) is 3. The van der Waals surface area contributed by atoms with Crippen LogP contribution in [-0.2, 0) is 9.59 Å². The molecule has 26 heavy (non-hydrogen) atoms. The van der Waals surface area contributed by atoms with Crippen molar-refractivity contribution in [3.63, 3.8) is 0 Å². The topological polar surface area (TPSA) is 69.7 Å². The molecule has 134 valence electrons. The van der Waals surface area contributed by atoms with E-state index in [0.29, 0.717) is 11.4 Å². The van der Waals surface area contributed by atoms with Crippen molar-refractivity contribution in [2.75, 3.05) is 16.8 Å². The van der Waals surface area contributed by atoms with Gasteiger partial charge >= 0.3 is 6.03 Å². The van der Waals surface area contributed by atoms with Crippen molar-refractivity contribution < 1.29 is 18.8 Å². The average molecular weight is 467 g/mol. The fourth-order valence-electron chi connectivity index (χ4n) is 2.68. The van der Waals surface area contributed by atoms with E-state index in [1.54, 1.807) is 19.1 Å². The molecule has 6 nitrogen and oxygen atoms in total. The van der Waals surface area contributed by atoms with E-state index in [4.69, 9.17) is 0 Å². The Bertz CT molecular complexity index is 855. The highest BCUT2D eigenvalue weighted by atomic mass is 127. The predicted molar refractivity (Wildman–Crippen MR) is 103 cm³/mol. The van der Waals surface area contributed by atoms with Crippen molar-refractivity contribution in [1.29, 1.82) is 0 Å². The zero-order valence-corrected chi connectivity index (χ0v) is 15.9. The molecule has 2 aromatic rings. The molecule has 0 saturated carbocycles. The minimum absolute atomic E-state index is 0.383. The molecule has 1 aliphatic heterocycles. The summed E-state index contributed by atoms with van der Waals surface area (Å²) in [6, 6.07) is 11.0. The summed E-state index contributed by atoms with van der Waals surface area (Å²) in [5, 5.41) is 2.66. The summed E-state index contributed by atoms with van der Waals surface area (Å²) in [6.07, 6.45) is 0. The molecule has 0 aliphatic carbocycles. The third-order valence-electron chi connectivity index (χ3n) is 3.98. The fraction of sp³-hybridized carbons (Fsp3) is 0.167. The lowest BCUT2D eigenvalue weighted by Crippen LogP contribution is -2.39. The van der Waals surface area contributed by atoms with Crippen LogP contribution in [0.1, 0.15) is 6.92 Å². The molecule has 1 atom stereocenters. The molecule has 0 aromatic heterocycles. The highest BCUT2D eigenvalue weighted by molar-refractivity contribution is 14.1. The van der Waals surface area contributed by atoms with Gasteiger partial charge in [0.25, 0.3) is 5.91 Å². The van der Waals surface area contributed by atoms with Crippen LogP contribution in [0.5, 0.6) is 0 Å². The summed E-state index contributed by atoms with van der Waals surface area (Å²) in [5.74, 6) is -1.38. The van der Waals surface area contributed by atoms with E-state index >= 15 is 0 Å². The largest absolute Gasteiger partial charge is 0.332 e. The van der Waals surface area contributed by atoms with Crippen molar-refractivity contribution in [3.8, 4) is 0 Å². The van der Waals surface area contributed by atoms with E-state index in [9.17, 15) is 18.8 Å². The van der Waals surface area contributed by atoms with Gasteiger partial charge < -0.3 is 5.32 Å². The first kappa shape index (κ1) is 18.3. The number of nitrogens with one attached hydrogen (secondary N) is 1. The minimum Gasteiger partial charge on any atom is -0.325 e. The van der Waals surface area contributed by atoms with Gasteiger partial charge in [0.15, 0.2) is 0 Å². The summed E-state index contributed by atoms with van der Waals surface area (Å²) >= 11 is 2.15. The predicted octanol–water partition coefficient (Wildman–Crippen LogP) is 3.23. The number of rotatable bonds is 4. The van der Waals surface area contributed by atoms with E-state index < -0.39 is 29.7 Å². The summed E-state index contributed by atoms with van der Waals surface area (Å²) in [6.45, 7) is 1.19. The van der Waals surface area contributed by atoms with Crippen molar-refractivity contribution in [2.24, 2.45) is 0 Å². The molecule has 0 bridgehead atoms. The molecule has 0 radical (unpaired) electrons. The Hall–Kier alpha value is -2.49. The first-order chi connectivity index (χ1) is 12.4. The van der Waals surface area contributed by atoms with Crippen molar-refractivity contribution >= 4 is 51.8 Å². The second-order valence-corrected chi connectivity index (χ2v) is 7.03. The molecule has 4 amide bonds. The maximum atomic E-state index is 13.1. The summed E-state index contributed by atoms with van der Waals surface area (Å²) in [7, 11) is 0. The van der Waals surface area contributed by atoms with Crippen LogP contribution in [0.2, 0.25) is 0 Å². The lowest BCUT2D eigenvalue weighted by Gasteiger charge is -2.19. The Morgan fingerprint density at radius 3 is 2.35 bits per heavy atom. The van der Waals surface area contributed by atoms with E-state index in [1.165, 1.54) is 29.2 Å². The minimum atomic E-state index is -0.765. The normalized spacial score (nSPS) is 17.0. The number of imide groups is 1. The number of amides is 4. The van der Waals surface area contributed by atoms with Gasteiger partial charge in [-0.3, -0.25) is 19.4 Å². The Balaban J connectivity index is 1.72. The molecular formula is C18H15FIN3O3. The highest BCUT2D eigenvalue weighted by Crippen LogP contribution is 2.26. The zero-order valence-electron chi connectivity index (χ0n) is 13.8. The Labute approximate surface area is 163 Å². The van der Waals surface area contributed by atoms with Crippen LogP contribution < -0.4 is 10.2 Å². The van der Waals surface area contributed by atoms with Gasteiger partial charge in [-0.1, -0.05) is 0 Å². The van der Waals surface area contributed by atoms with Gasteiger partial charge in [-0.05, 0) is 78.0 Å². The van der Waals surface area contributed by atoms with E-state index in [2.05, 4.69) is 27.9 Å². The fourth-order valence-corrected chi connectivity index (χ4v) is 3.04. The molecule has 1 unspecified atom stereocenters. The number of hydrogen-bond donors (Lipinski definition) is 1. The Kier molecular flexibility index (Phi) is 5.21. The third-order valence-corrected chi connectivity index (χ3v) is 4.70. The second kappa shape index (κ2) is 7.40. The molecule has 0 spiro atoms. The van der Waals surface area contributed by atoms with Gasteiger partial charge in [0, 0.05) is 14.9 Å². The molecule has 1 aliphatic rings. The van der Waals surface area contributed by atoms with E-state index in [0.717, 1.165) is 8.47 Å². The molecule has 1 N–H and O–H groups in total. The van der Waals surface area contributed by atoms with Crippen molar-refractivity contribution in [2.45, 2.75) is 13.0 Å². The first-order valence-electron chi connectivity index (χ1n) is 7.82. The van der Waals surface area contributed by atoms with Crippen LogP contribution in [-0.4, -0.2) is 35.3 Å². The quantitative estimate of drug-likeness (QED) is 0.555. The Morgan fingerprint density at radius 2 is 1.73 bits per heavy atom. The lowest BCUT2D eigenvalue weighted by atomic mass is 10.2. The number of nitrogens with zero attached hydrogens (tertiary/aromatic N) is 2. The SMILES string of the molecule is CC1C(=O)N(CC(=O)Nc2ccc(I)cc2)C(=O)N1c1ccc(F)cc1. The lowest BCUT2D eigenvalue weighted by molar-refractivity contribution is -0.130. The smallest absolute Gasteiger partial charge is 0.325 e. The van der Waals surface area contributed by atoms with Gasteiger partial charge in [-0.15, -0.1) is 0 Å². The van der Waals surface area contributed by atoms with Crippen LogP contribution in [0.4, 0.5) is 20.6 Å².